The topological polar surface area (TPSA) is 128 Å². The summed E-state index contributed by atoms with van der Waals surface area (Å²) in [7, 11) is 0. The van der Waals surface area contributed by atoms with Crippen LogP contribution < -0.4 is 16.1 Å². The summed E-state index contributed by atoms with van der Waals surface area (Å²) < 4.78 is 81.6. The molecule has 3 fully saturated rings. The quantitative estimate of drug-likeness (QED) is 0.230. The molecule has 226 valence electrons. The van der Waals surface area contributed by atoms with Gasteiger partial charge in [-0.1, -0.05) is 32.4 Å². The van der Waals surface area contributed by atoms with Gasteiger partial charge in [0.25, 0.3) is 23.4 Å². The molecule has 17 heteroatoms. The van der Waals surface area contributed by atoms with E-state index in [1.165, 1.54) is 20.8 Å². The number of alkyl halides is 7. The third-order valence-corrected chi connectivity index (χ3v) is 7.34. The van der Waals surface area contributed by atoms with Crippen molar-refractivity contribution in [2.45, 2.75) is 69.8 Å². The molecule has 0 spiro atoms. The van der Waals surface area contributed by atoms with Crippen molar-refractivity contribution in [2.24, 2.45) is 23.2 Å². The van der Waals surface area contributed by atoms with Crippen molar-refractivity contribution >= 4 is 41.1 Å². The minimum Gasteiger partial charge on any atom is -0.356 e. The number of carbonyl (C=O) groups excluding carboxylic acids is 5. The number of hydrogen-bond acceptors (Lipinski definition) is 5. The van der Waals surface area contributed by atoms with E-state index in [1.807, 2.05) is 5.43 Å². The molecule has 0 aromatic carbocycles. The van der Waals surface area contributed by atoms with Gasteiger partial charge in [-0.2, -0.15) is 13.2 Å². The van der Waals surface area contributed by atoms with Gasteiger partial charge >= 0.3 is 6.18 Å². The lowest BCUT2D eigenvalue weighted by Gasteiger charge is -2.36. The molecule has 3 rings (SSSR count). The second-order valence-electron chi connectivity index (χ2n) is 11.3. The first-order valence-electron chi connectivity index (χ1n) is 12.5. The highest BCUT2D eigenvalue weighted by molar-refractivity contribution is 6.29. The zero-order chi connectivity index (χ0) is 30.4. The average Bonchev–Trinajstić information content (AvgIpc) is 3.15. The number of halogens is 7. The highest BCUT2D eigenvalue weighted by Crippen LogP contribution is 2.49. The van der Waals surface area contributed by atoms with Gasteiger partial charge in [0.1, 0.15) is 18.0 Å². The molecule has 40 heavy (non-hydrogen) atoms. The fourth-order valence-corrected chi connectivity index (χ4v) is 4.79. The Morgan fingerprint density at radius 2 is 1.77 bits per heavy atom. The summed E-state index contributed by atoms with van der Waals surface area (Å²) in [6.45, 7) is 3.04. The van der Waals surface area contributed by atoms with Crippen LogP contribution in [-0.2, 0) is 24.0 Å². The van der Waals surface area contributed by atoms with Gasteiger partial charge in [0.2, 0.25) is 17.7 Å². The summed E-state index contributed by atoms with van der Waals surface area (Å²) in [4.78, 5) is 63.9. The zero-order valence-corrected chi connectivity index (χ0v) is 22.5. The maximum Gasteiger partial charge on any atom is 0.393 e. The Labute approximate surface area is 230 Å². The Morgan fingerprint density at radius 3 is 2.23 bits per heavy atom. The highest BCUT2D eigenvalue weighted by Gasteiger charge is 2.62. The number of rotatable bonds is 7. The molecule has 2 aliphatic heterocycles. The van der Waals surface area contributed by atoms with Crippen molar-refractivity contribution < 1.29 is 50.3 Å². The molecule has 1 saturated carbocycles. The molecule has 3 aliphatic rings. The van der Waals surface area contributed by atoms with Gasteiger partial charge in [-0.3, -0.25) is 29.4 Å². The van der Waals surface area contributed by atoms with E-state index in [1.54, 1.807) is 0 Å². The van der Waals surface area contributed by atoms with E-state index in [9.17, 15) is 50.3 Å². The smallest absolute Gasteiger partial charge is 0.356 e. The Hall–Kier alpha value is -2.78. The number of hydrazine groups is 1. The standard InChI is InChI=1S/C23H30ClF6N5O5/c1-21(2,3)14(32-17(37)12-7-22(12,26)27)19(39)34-9-11(23(28,29)30)6-13(34)18(38)33-35(20(40)15(24)25)8-10-4-5-31-16(10)36/h10-15H,4-9H2,1-3H3,(H,31,36)(H,32,37)(H,33,38)/t10-,11+,12?,13-,14+,15-/m0/s1. The van der Waals surface area contributed by atoms with Crippen LogP contribution in [0.15, 0.2) is 0 Å². The molecular weight excluding hydrogens is 576 g/mol. The maximum absolute atomic E-state index is 13.7. The average molecular weight is 606 g/mol. The van der Waals surface area contributed by atoms with E-state index in [0.717, 1.165) is 0 Å². The number of nitrogens with one attached hydrogen (secondary N) is 3. The van der Waals surface area contributed by atoms with Crippen LogP contribution in [0, 0.1) is 23.2 Å². The van der Waals surface area contributed by atoms with Crippen molar-refractivity contribution in [1.29, 1.82) is 0 Å². The molecule has 10 nitrogen and oxygen atoms in total. The molecular formula is C23H30ClF6N5O5. The van der Waals surface area contributed by atoms with E-state index in [0.29, 0.717) is 9.91 Å². The predicted molar refractivity (Wildman–Crippen MR) is 126 cm³/mol. The normalized spacial score (nSPS) is 27.4. The summed E-state index contributed by atoms with van der Waals surface area (Å²) in [6, 6.07) is -3.43. The third-order valence-electron chi connectivity index (χ3n) is 7.16. The molecule has 5 amide bonds. The van der Waals surface area contributed by atoms with Crippen molar-refractivity contribution in [3.63, 3.8) is 0 Å². The molecule has 0 aromatic heterocycles. The van der Waals surface area contributed by atoms with Crippen molar-refractivity contribution in [1.82, 2.24) is 26.0 Å². The fourth-order valence-electron chi connectivity index (χ4n) is 4.68. The third kappa shape index (κ3) is 7.10. The summed E-state index contributed by atoms with van der Waals surface area (Å²) in [5, 5.41) is 5.06. The lowest BCUT2D eigenvalue weighted by atomic mass is 9.85. The monoisotopic (exact) mass is 605 g/mol. The summed E-state index contributed by atoms with van der Waals surface area (Å²) in [5.41, 5.74) is -1.84. The predicted octanol–water partition coefficient (Wildman–Crippen LogP) is 1.48. The Balaban J connectivity index is 1.86. The minimum atomic E-state index is -4.85. The van der Waals surface area contributed by atoms with Crippen molar-refractivity contribution in [2.75, 3.05) is 19.6 Å². The van der Waals surface area contributed by atoms with Gasteiger partial charge in [0, 0.05) is 19.5 Å². The molecule has 0 aromatic rings. The van der Waals surface area contributed by atoms with Gasteiger partial charge in [0.15, 0.2) is 0 Å². The Bertz CT molecular complexity index is 1050. The van der Waals surface area contributed by atoms with Gasteiger partial charge in [0.05, 0.1) is 18.4 Å². The highest BCUT2D eigenvalue weighted by atomic mass is 35.5. The van der Waals surface area contributed by atoms with Gasteiger partial charge in [-0.15, -0.1) is 0 Å². The van der Waals surface area contributed by atoms with Gasteiger partial charge < -0.3 is 15.5 Å². The number of likely N-dealkylation sites (tertiary alicyclic amines) is 1. The Morgan fingerprint density at radius 1 is 1.18 bits per heavy atom. The summed E-state index contributed by atoms with van der Waals surface area (Å²) >= 11 is 5.22. The van der Waals surface area contributed by atoms with Crippen molar-refractivity contribution in [3.8, 4) is 0 Å². The summed E-state index contributed by atoms with van der Waals surface area (Å²) in [6.07, 6.45) is -6.30. The maximum atomic E-state index is 13.7. The second kappa shape index (κ2) is 11.2. The largest absolute Gasteiger partial charge is 0.393 e. The Kier molecular flexibility index (Phi) is 8.92. The van der Waals surface area contributed by atoms with Gasteiger partial charge in [-0.25, -0.2) is 18.2 Å². The van der Waals surface area contributed by atoms with E-state index in [4.69, 9.17) is 11.6 Å². The van der Waals surface area contributed by atoms with Crippen molar-refractivity contribution in [3.05, 3.63) is 0 Å². The van der Waals surface area contributed by atoms with E-state index in [-0.39, 0.29) is 13.0 Å². The van der Waals surface area contributed by atoms with Crippen LogP contribution in [0.1, 0.15) is 40.0 Å². The lowest BCUT2D eigenvalue weighted by molar-refractivity contribution is -0.171. The van der Waals surface area contributed by atoms with Crippen LogP contribution >= 0.6 is 11.6 Å². The number of hydrogen-bond donors (Lipinski definition) is 3. The first-order valence-corrected chi connectivity index (χ1v) is 12.9. The van der Waals surface area contributed by atoms with Crippen LogP contribution in [0.2, 0.25) is 0 Å². The molecule has 1 unspecified atom stereocenters. The number of nitrogens with zero attached hydrogens (tertiary/aromatic N) is 2. The molecule has 1 aliphatic carbocycles. The molecule has 3 N–H and O–H groups in total. The fraction of sp³-hybridized carbons (Fsp3) is 0.783. The molecule has 2 saturated heterocycles. The van der Waals surface area contributed by atoms with E-state index >= 15 is 0 Å². The number of carbonyl (C=O) groups is 5. The van der Waals surface area contributed by atoms with Crippen LogP contribution in [0.25, 0.3) is 0 Å². The van der Waals surface area contributed by atoms with E-state index in [2.05, 4.69) is 10.6 Å². The van der Waals surface area contributed by atoms with Crippen LogP contribution in [-0.4, -0.2) is 88.9 Å². The van der Waals surface area contributed by atoms with Crippen LogP contribution in [0.3, 0.4) is 0 Å². The molecule has 0 bridgehead atoms. The molecule has 6 atom stereocenters. The second-order valence-corrected chi connectivity index (χ2v) is 11.7. The molecule has 0 radical (unpaired) electrons. The minimum absolute atomic E-state index is 0.217. The summed E-state index contributed by atoms with van der Waals surface area (Å²) in [5.74, 6) is -13.6. The molecule has 2 heterocycles. The SMILES string of the molecule is CC(C)(C)[C@H](NC(=O)C1CC1(F)F)C(=O)N1C[C@H](C(F)(F)F)C[C@H]1C(=O)NN(C[C@@H]1CCNC1=O)C(=O)[C@H](F)Cl. The number of amides is 5. The first kappa shape index (κ1) is 31.7. The van der Waals surface area contributed by atoms with Crippen LogP contribution in [0.4, 0.5) is 26.3 Å². The van der Waals surface area contributed by atoms with E-state index < -0.39 is 108 Å². The van der Waals surface area contributed by atoms with Crippen LogP contribution in [0.5, 0.6) is 0 Å². The zero-order valence-electron chi connectivity index (χ0n) is 21.8. The van der Waals surface area contributed by atoms with Gasteiger partial charge in [-0.05, 0) is 18.3 Å². The first-order chi connectivity index (χ1) is 18.2. The lowest BCUT2D eigenvalue weighted by Crippen LogP contribution is -2.60.